The molecule has 2 aromatic carbocycles. The number of likely N-dealkylation sites (tertiary alicyclic amines) is 2. The lowest BCUT2D eigenvalue weighted by molar-refractivity contribution is -0.144. The fourth-order valence-corrected chi connectivity index (χ4v) is 6.10. The average Bonchev–Trinajstić information content (AvgIpc) is 3.62. The van der Waals surface area contributed by atoms with Crippen LogP contribution in [-0.4, -0.2) is 85.6 Å². The SMILES string of the molecule is COCC1(C(=O)N2CCC(C(=O)N3C[C@@H](N(C)C(=O)Oc4ccc(F)cc4)[C@H](c4ccc(Cl)cc4)C3)CC2)CC1. The molecule has 3 aliphatic rings. The van der Waals surface area contributed by atoms with Crippen LogP contribution >= 0.6 is 11.6 Å². The first-order valence-corrected chi connectivity index (χ1v) is 14.1. The first-order chi connectivity index (χ1) is 19.2. The molecule has 0 unspecified atom stereocenters. The van der Waals surface area contributed by atoms with Gasteiger partial charge in [-0.05, 0) is 67.6 Å². The predicted molar refractivity (Wildman–Crippen MR) is 148 cm³/mol. The van der Waals surface area contributed by atoms with Crippen LogP contribution in [0, 0.1) is 17.2 Å². The van der Waals surface area contributed by atoms with Crippen LogP contribution in [0.15, 0.2) is 48.5 Å². The molecule has 5 rings (SSSR count). The number of hydrogen-bond acceptors (Lipinski definition) is 5. The third-order valence-corrected chi connectivity index (χ3v) is 8.81. The van der Waals surface area contributed by atoms with Crippen LogP contribution in [-0.2, 0) is 14.3 Å². The lowest BCUT2D eigenvalue weighted by Gasteiger charge is -2.35. The summed E-state index contributed by atoms with van der Waals surface area (Å²) in [5.41, 5.74) is 0.603. The number of piperidine rings is 1. The van der Waals surface area contributed by atoms with Gasteiger partial charge >= 0.3 is 6.09 Å². The van der Waals surface area contributed by atoms with Gasteiger partial charge in [0.05, 0.1) is 18.1 Å². The molecule has 3 fully saturated rings. The highest BCUT2D eigenvalue weighted by molar-refractivity contribution is 6.30. The van der Waals surface area contributed by atoms with Gasteiger partial charge in [0.1, 0.15) is 11.6 Å². The Morgan fingerprint density at radius 2 is 1.65 bits per heavy atom. The third-order valence-electron chi connectivity index (χ3n) is 8.56. The number of carbonyl (C=O) groups excluding carboxylic acids is 3. The van der Waals surface area contributed by atoms with E-state index in [0.29, 0.717) is 50.7 Å². The summed E-state index contributed by atoms with van der Waals surface area (Å²) in [4.78, 5) is 45.0. The van der Waals surface area contributed by atoms with Gasteiger partial charge in [0.15, 0.2) is 0 Å². The van der Waals surface area contributed by atoms with E-state index in [0.717, 1.165) is 18.4 Å². The van der Waals surface area contributed by atoms with E-state index in [4.69, 9.17) is 21.1 Å². The Bertz CT molecular complexity index is 1230. The van der Waals surface area contributed by atoms with Crippen LogP contribution in [0.25, 0.3) is 0 Å². The second-order valence-corrected chi connectivity index (χ2v) is 11.6. The Morgan fingerprint density at radius 3 is 2.25 bits per heavy atom. The lowest BCUT2D eigenvalue weighted by Crippen LogP contribution is -2.47. The van der Waals surface area contributed by atoms with E-state index in [2.05, 4.69) is 0 Å². The molecule has 2 aromatic rings. The van der Waals surface area contributed by atoms with Crippen molar-refractivity contribution in [2.24, 2.45) is 11.3 Å². The molecule has 0 radical (unpaired) electrons. The number of halogens is 2. The number of amides is 3. The first kappa shape index (κ1) is 28.4. The third kappa shape index (κ3) is 5.95. The number of nitrogens with zero attached hydrogens (tertiary/aromatic N) is 3. The molecule has 40 heavy (non-hydrogen) atoms. The van der Waals surface area contributed by atoms with Gasteiger partial charge in [-0.25, -0.2) is 9.18 Å². The molecular formula is C30H35ClFN3O5. The summed E-state index contributed by atoms with van der Waals surface area (Å²) in [5.74, 6) is -0.303. The fraction of sp³-hybridized carbons (Fsp3) is 0.500. The lowest BCUT2D eigenvalue weighted by atomic mass is 9.93. The summed E-state index contributed by atoms with van der Waals surface area (Å²) in [7, 11) is 3.28. The average molecular weight is 572 g/mol. The number of carbonyl (C=O) groups is 3. The number of ether oxygens (including phenoxy) is 2. The molecule has 1 saturated carbocycles. The van der Waals surface area contributed by atoms with Crippen molar-refractivity contribution in [3.63, 3.8) is 0 Å². The monoisotopic (exact) mass is 571 g/mol. The molecule has 0 aromatic heterocycles. The molecule has 2 aliphatic heterocycles. The Morgan fingerprint density at radius 1 is 1.00 bits per heavy atom. The highest BCUT2D eigenvalue weighted by Gasteiger charge is 2.52. The van der Waals surface area contributed by atoms with E-state index in [1.165, 1.54) is 29.2 Å². The molecule has 3 amide bonds. The molecule has 1 aliphatic carbocycles. The molecule has 0 bridgehead atoms. The summed E-state index contributed by atoms with van der Waals surface area (Å²) in [5, 5.41) is 0.607. The van der Waals surface area contributed by atoms with Crippen molar-refractivity contribution in [3.05, 3.63) is 64.9 Å². The quantitative estimate of drug-likeness (QED) is 0.486. The van der Waals surface area contributed by atoms with E-state index < -0.39 is 11.9 Å². The highest BCUT2D eigenvalue weighted by Crippen LogP contribution is 2.48. The molecule has 2 atom stereocenters. The minimum absolute atomic E-state index is 0.0480. The van der Waals surface area contributed by atoms with Crippen molar-refractivity contribution < 1.29 is 28.2 Å². The fourth-order valence-electron chi connectivity index (χ4n) is 5.98. The zero-order valence-corrected chi connectivity index (χ0v) is 23.6. The minimum Gasteiger partial charge on any atom is -0.410 e. The number of rotatable bonds is 7. The maximum Gasteiger partial charge on any atom is 0.415 e. The van der Waals surface area contributed by atoms with Gasteiger partial charge in [-0.15, -0.1) is 0 Å². The normalized spacial score (nSPS) is 22.2. The second-order valence-electron chi connectivity index (χ2n) is 11.2. The summed E-state index contributed by atoms with van der Waals surface area (Å²) in [6.45, 7) is 2.38. The van der Waals surface area contributed by atoms with E-state index >= 15 is 0 Å². The Labute approximate surface area is 238 Å². The van der Waals surface area contributed by atoms with E-state index in [9.17, 15) is 18.8 Å². The van der Waals surface area contributed by atoms with Crippen LogP contribution < -0.4 is 4.74 Å². The van der Waals surface area contributed by atoms with Crippen molar-refractivity contribution in [3.8, 4) is 5.75 Å². The van der Waals surface area contributed by atoms with Gasteiger partial charge in [0.25, 0.3) is 0 Å². The smallest absolute Gasteiger partial charge is 0.410 e. The van der Waals surface area contributed by atoms with Crippen molar-refractivity contribution >= 4 is 29.5 Å². The van der Waals surface area contributed by atoms with Crippen molar-refractivity contribution in [2.75, 3.05) is 46.9 Å². The topological polar surface area (TPSA) is 79.4 Å². The number of benzene rings is 2. The summed E-state index contributed by atoms with van der Waals surface area (Å²) < 4.78 is 24.1. The molecule has 214 valence electrons. The van der Waals surface area contributed by atoms with Gasteiger partial charge in [-0.1, -0.05) is 23.7 Å². The Balaban J connectivity index is 1.26. The van der Waals surface area contributed by atoms with Gasteiger partial charge in [0.2, 0.25) is 11.8 Å². The minimum atomic E-state index is -0.582. The van der Waals surface area contributed by atoms with Crippen LogP contribution in [0.5, 0.6) is 5.75 Å². The van der Waals surface area contributed by atoms with Crippen LogP contribution in [0.2, 0.25) is 5.02 Å². The number of hydrogen-bond donors (Lipinski definition) is 0. The Kier molecular flexibility index (Phi) is 8.33. The van der Waals surface area contributed by atoms with Crippen LogP contribution in [0.3, 0.4) is 0 Å². The zero-order valence-electron chi connectivity index (χ0n) is 22.9. The van der Waals surface area contributed by atoms with Crippen LogP contribution in [0.4, 0.5) is 9.18 Å². The van der Waals surface area contributed by atoms with Gasteiger partial charge in [-0.2, -0.15) is 0 Å². The molecule has 0 N–H and O–H groups in total. The molecular weight excluding hydrogens is 537 g/mol. The molecule has 10 heteroatoms. The maximum absolute atomic E-state index is 13.7. The van der Waals surface area contributed by atoms with E-state index in [-0.39, 0.29) is 40.9 Å². The summed E-state index contributed by atoms with van der Waals surface area (Å²) >= 11 is 6.12. The molecule has 2 saturated heterocycles. The van der Waals surface area contributed by atoms with E-state index in [1.54, 1.807) is 26.3 Å². The predicted octanol–water partition coefficient (Wildman–Crippen LogP) is 4.57. The maximum atomic E-state index is 13.7. The molecule has 8 nitrogen and oxygen atoms in total. The van der Waals surface area contributed by atoms with Gasteiger partial charge in [-0.3, -0.25) is 9.59 Å². The zero-order chi connectivity index (χ0) is 28.4. The van der Waals surface area contributed by atoms with E-state index in [1.807, 2.05) is 21.9 Å². The standard InChI is InChI=1S/C30H35ClFN3O5/c1-33(29(38)40-24-9-7-23(32)8-10-24)26-18-35(17-25(26)20-3-5-22(31)6-4-20)27(36)21-11-15-34(16-12-21)28(37)30(13-14-30)19-39-2/h3-10,21,25-26H,11-19H2,1-2H3/t25-,26+/m0/s1. The summed E-state index contributed by atoms with van der Waals surface area (Å²) in [6, 6.07) is 12.4. The van der Waals surface area contributed by atoms with Gasteiger partial charge < -0.3 is 24.2 Å². The van der Waals surface area contributed by atoms with Crippen LogP contribution in [0.1, 0.15) is 37.2 Å². The largest absolute Gasteiger partial charge is 0.415 e. The van der Waals surface area contributed by atoms with Crippen molar-refractivity contribution in [1.82, 2.24) is 14.7 Å². The molecule has 2 heterocycles. The number of likely N-dealkylation sites (N-methyl/N-ethyl adjacent to an activating group) is 1. The van der Waals surface area contributed by atoms with Crippen molar-refractivity contribution in [1.29, 1.82) is 0 Å². The summed E-state index contributed by atoms with van der Waals surface area (Å²) in [6.07, 6.45) is 2.36. The highest BCUT2D eigenvalue weighted by atomic mass is 35.5. The Hall–Kier alpha value is -3.17. The van der Waals surface area contributed by atoms with Crippen molar-refractivity contribution in [2.45, 2.75) is 37.6 Å². The second kappa shape index (κ2) is 11.7. The number of methoxy groups -OCH3 is 1. The first-order valence-electron chi connectivity index (χ1n) is 13.7. The van der Waals surface area contributed by atoms with Gasteiger partial charge in [0, 0.05) is 57.2 Å². The molecule has 0 spiro atoms.